The summed E-state index contributed by atoms with van der Waals surface area (Å²) >= 11 is 0. The molecule has 0 spiro atoms. The first-order valence-electron chi connectivity index (χ1n) is 9.67. The van der Waals surface area contributed by atoms with Crippen LogP contribution in [-0.2, 0) is 0 Å². The summed E-state index contributed by atoms with van der Waals surface area (Å²) < 4.78 is 45.6. The summed E-state index contributed by atoms with van der Waals surface area (Å²) in [5, 5.41) is 21.1. The maximum absolute atomic E-state index is 10.7. The molecule has 0 heterocycles. The summed E-state index contributed by atoms with van der Waals surface area (Å²) in [6.45, 7) is 2.53. The molecule has 2 N–H and O–H groups in total. The predicted octanol–water partition coefficient (Wildman–Crippen LogP) is 4.73. The number of rotatable bonds is 2. The lowest BCUT2D eigenvalue weighted by Crippen LogP contribution is -2.17. The minimum absolute atomic E-state index is 0.126. The highest BCUT2D eigenvalue weighted by molar-refractivity contribution is 5.55. The Morgan fingerprint density at radius 3 is 2.75 bits per heavy atom. The van der Waals surface area contributed by atoms with Crippen molar-refractivity contribution in [2.75, 3.05) is 0 Å². The van der Waals surface area contributed by atoms with E-state index in [2.05, 4.69) is 6.58 Å². The van der Waals surface area contributed by atoms with Crippen LogP contribution >= 0.6 is 0 Å². The van der Waals surface area contributed by atoms with Gasteiger partial charge < -0.3 is 10.2 Å². The number of hydrogen-bond acceptors (Lipinski definition) is 2. The molecule has 0 fully saturated rings. The summed E-state index contributed by atoms with van der Waals surface area (Å²) in [7, 11) is 0. The quantitative estimate of drug-likeness (QED) is 0.768. The molecule has 1 aromatic carbocycles. The number of benzene rings is 1. The molecule has 0 aromatic heterocycles. The third-order valence-electron chi connectivity index (χ3n) is 4.08. The van der Waals surface area contributed by atoms with Crippen LogP contribution in [0.15, 0.2) is 29.9 Å². The van der Waals surface area contributed by atoms with Crippen molar-refractivity contribution in [1.29, 1.82) is 0 Å². The van der Waals surface area contributed by atoms with E-state index in [9.17, 15) is 10.2 Å². The zero-order valence-corrected chi connectivity index (χ0v) is 11.8. The average molecular weight is 278 g/mol. The first kappa shape index (κ1) is 8.56. The van der Waals surface area contributed by atoms with E-state index in [1.54, 1.807) is 6.08 Å². The Morgan fingerprint density at radius 1 is 1.40 bits per heavy atom. The van der Waals surface area contributed by atoms with Crippen LogP contribution in [0.3, 0.4) is 0 Å². The van der Waals surface area contributed by atoms with Gasteiger partial charge in [-0.05, 0) is 63.5 Å². The van der Waals surface area contributed by atoms with Gasteiger partial charge in [-0.2, -0.15) is 0 Å². The Morgan fingerprint density at radius 2 is 2.15 bits per heavy atom. The summed E-state index contributed by atoms with van der Waals surface area (Å²) in [6.07, 6.45) is 2.49. The minimum Gasteiger partial charge on any atom is -0.507 e. The third-order valence-corrected chi connectivity index (χ3v) is 4.08. The van der Waals surface area contributed by atoms with Gasteiger partial charge in [-0.25, -0.2) is 0 Å². The van der Waals surface area contributed by atoms with E-state index in [0.29, 0.717) is 12.8 Å². The summed E-state index contributed by atoms with van der Waals surface area (Å²) in [4.78, 5) is 0. The standard InChI is InChI=1S/C18H24O2/c1-10(2)14-7-6-11(3)8-15(14)17-16(19)9-12(4)13(5)18(17)20/h8-9,14-15,19-20H,1,6-7H2,2-5H3/i3D3,4D3. The lowest BCUT2D eigenvalue weighted by atomic mass is 9.73. The number of phenols is 2. The highest BCUT2D eigenvalue weighted by Crippen LogP contribution is 2.47. The van der Waals surface area contributed by atoms with Crippen LogP contribution in [0.4, 0.5) is 0 Å². The van der Waals surface area contributed by atoms with E-state index in [4.69, 9.17) is 8.22 Å². The number of phenolic OH excluding ortho intramolecular Hbond substituents is 2. The lowest BCUT2D eigenvalue weighted by Gasteiger charge is -2.31. The van der Waals surface area contributed by atoms with Crippen molar-refractivity contribution in [3.63, 3.8) is 0 Å². The van der Waals surface area contributed by atoms with Crippen LogP contribution in [0.1, 0.15) is 57.5 Å². The molecule has 108 valence electrons. The molecule has 1 aliphatic rings. The molecule has 0 bridgehead atoms. The maximum atomic E-state index is 10.7. The predicted molar refractivity (Wildman–Crippen MR) is 83.3 cm³/mol. The second-order valence-corrected chi connectivity index (χ2v) is 5.54. The fourth-order valence-electron chi connectivity index (χ4n) is 2.85. The van der Waals surface area contributed by atoms with Crippen molar-refractivity contribution in [3.8, 4) is 11.5 Å². The van der Waals surface area contributed by atoms with Gasteiger partial charge in [0.25, 0.3) is 0 Å². The van der Waals surface area contributed by atoms with Crippen molar-refractivity contribution in [1.82, 2.24) is 0 Å². The minimum atomic E-state index is -2.47. The molecule has 0 radical (unpaired) electrons. The van der Waals surface area contributed by atoms with Gasteiger partial charge in [-0.1, -0.05) is 23.8 Å². The van der Waals surface area contributed by atoms with Gasteiger partial charge in [0.15, 0.2) is 0 Å². The maximum Gasteiger partial charge on any atom is 0.126 e. The fraction of sp³-hybridized carbons (Fsp3) is 0.444. The Bertz CT molecular complexity index is 758. The van der Waals surface area contributed by atoms with E-state index in [1.807, 2.05) is 6.92 Å². The normalized spacial score (nSPS) is 28.2. The van der Waals surface area contributed by atoms with E-state index < -0.39 is 19.6 Å². The van der Waals surface area contributed by atoms with E-state index in [1.165, 1.54) is 6.92 Å². The number of hydrogen-bond donors (Lipinski definition) is 2. The van der Waals surface area contributed by atoms with Gasteiger partial charge in [0.2, 0.25) is 0 Å². The van der Waals surface area contributed by atoms with Crippen molar-refractivity contribution in [3.05, 3.63) is 46.6 Å². The summed E-state index contributed by atoms with van der Waals surface area (Å²) in [5.41, 5.74) is 1.28. The molecule has 0 aliphatic heterocycles. The number of allylic oxidation sites excluding steroid dienone is 3. The largest absolute Gasteiger partial charge is 0.507 e. The zero-order chi connectivity index (χ0) is 20.0. The van der Waals surface area contributed by atoms with Gasteiger partial charge in [0, 0.05) is 19.7 Å². The van der Waals surface area contributed by atoms with Crippen LogP contribution in [-0.4, -0.2) is 10.2 Å². The molecule has 2 unspecified atom stereocenters. The average Bonchev–Trinajstić information content (AvgIpc) is 2.48. The molecule has 0 saturated carbocycles. The Labute approximate surface area is 129 Å². The molecule has 2 nitrogen and oxygen atoms in total. The number of aromatic hydroxyl groups is 2. The van der Waals surface area contributed by atoms with Crippen molar-refractivity contribution in [2.45, 2.75) is 46.3 Å². The molecular formula is C18H24O2. The Kier molecular flexibility index (Phi) is 2.29. The van der Waals surface area contributed by atoms with Crippen LogP contribution in [0.25, 0.3) is 0 Å². The molecule has 20 heavy (non-hydrogen) atoms. The topological polar surface area (TPSA) is 40.5 Å². The van der Waals surface area contributed by atoms with E-state index >= 15 is 0 Å². The highest BCUT2D eigenvalue weighted by Gasteiger charge is 2.30. The Hall–Kier alpha value is -1.70. The van der Waals surface area contributed by atoms with Gasteiger partial charge in [0.05, 0.1) is 0 Å². The molecule has 0 saturated heterocycles. The first-order chi connectivity index (χ1) is 11.7. The van der Waals surface area contributed by atoms with Crippen molar-refractivity contribution < 1.29 is 18.4 Å². The van der Waals surface area contributed by atoms with Gasteiger partial charge in [-0.3, -0.25) is 0 Å². The number of aryl methyl sites for hydroxylation is 1. The second-order valence-electron chi connectivity index (χ2n) is 5.54. The zero-order valence-electron chi connectivity index (χ0n) is 17.8. The van der Waals surface area contributed by atoms with Crippen molar-refractivity contribution >= 4 is 0 Å². The molecule has 1 aromatic rings. The molecule has 1 aliphatic carbocycles. The van der Waals surface area contributed by atoms with Crippen molar-refractivity contribution in [2.24, 2.45) is 5.92 Å². The summed E-state index contributed by atoms with van der Waals surface area (Å²) in [5.74, 6) is -1.40. The monoisotopic (exact) mass is 278 g/mol. The Balaban J connectivity index is 2.70. The van der Waals surface area contributed by atoms with E-state index in [-0.39, 0.29) is 39.7 Å². The van der Waals surface area contributed by atoms with Gasteiger partial charge >= 0.3 is 0 Å². The molecule has 2 heteroatoms. The van der Waals surface area contributed by atoms with E-state index in [0.717, 1.165) is 11.6 Å². The molecule has 0 amide bonds. The van der Waals surface area contributed by atoms with Crippen LogP contribution < -0.4 is 0 Å². The summed E-state index contributed by atoms with van der Waals surface area (Å²) in [6, 6.07) is 1.14. The second kappa shape index (κ2) is 5.35. The molecular weight excluding hydrogens is 248 g/mol. The van der Waals surface area contributed by atoms with Gasteiger partial charge in [0.1, 0.15) is 11.5 Å². The van der Waals surface area contributed by atoms with Gasteiger partial charge in [-0.15, -0.1) is 0 Å². The fourth-order valence-corrected chi connectivity index (χ4v) is 2.85. The third kappa shape index (κ3) is 2.47. The molecule has 2 rings (SSSR count). The van der Waals surface area contributed by atoms with Crippen LogP contribution in [0, 0.1) is 19.7 Å². The van der Waals surface area contributed by atoms with Crippen LogP contribution in [0.5, 0.6) is 11.5 Å². The SMILES string of the molecule is [2H]C([2H])([2H])C1=CC(c2c(O)cc(C([2H])([2H])[2H])c(C)c2O)C(C(=C)C)CC1. The molecule has 2 atom stereocenters. The smallest absolute Gasteiger partial charge is 0.126 e. The van der Waals surface area contributed by atoms with Crippen LogP contribution in [0.2, 0.25) is 0 Å². The highest BCUT2D eigenvalue weighted by atomic mass is 16.3. The first-order valence-corrected chi connectivity index (χ1v) is 6.67. The lowest BCUT2D eigenvalue weighted by molar-refractivity contribution is 0.404.